The van der Waals surface area contributed by atoms with Gasteiger partial charge in [0.2, 0.25) is 0 Å². The number of ether oxygens (including phenoxy) is 6. The summed E-state index contributed by atoms with van der Waals surface area (Å²) < 4.78 is 35.6. The van der Waals surface area contributed by atoms with Crippen molar-refractivity contribution in [1.29, 1.82) is 0 Å². The third kappa shape index (κ3) is 8.08. The molecule has 8 aliphatic rings. The first-order valence-electron chi connectivity index (χ1n) is 24.4. The molecule has 25 atom stereocenters. The molecule has 8 rings (SSSR count). The van der Waals surface area contributed by atoms with Crippen LogP contribution in [0.2, 0.25) is 0 Å². The van der Waals surface area contributed by atoms with Crippen molar-refractivity contribution in [1.82, 2.24) is 0 Å². The monoisotopic (exact) mass is 986 g/mol. The molecule has 392 valence electrons. The summed E-state index contributed by atoms with van der Waals surface area (Å²) >= 11 is 0. The second-order valence-corrected chi connectivity index (χ2v) is 23.3. The lowest BCUT2D eigenvalue weighted by Crippen LogP contribution is -2.69. The predicted molar refractivity (Wildman–Crippen MR) is 233 cm³/mol. The van der Waals surface area contributed by atoms with Gasteiger partial charge in [0.1, 0.15) is 78.8 Å². The molecule has 21 nitrogen and oxygen atoms in total. The number of allylic oxidation sites excluding steroid dienone is 2. The lowest BCUT2D eigenvalue weighted by molar-refractivity contribution is -0.390. The van der Waals surface area contributed by atoms with E-state index in [0.29, 0.717) is 44.9 Å². The Balaban J connectivity index is 1.11. The summed E-state index contributed by atoms with van der Waals surface area (Å²) in [6.45, 7) is 10.9. The molecule has 4 saturated carbocycles. The summed E-state index contributed by atoms with van der Waals surface area (Å²) in [7, 11) is 0. The topological polar surface area (TPSA) is 349 Å². The van der Waals surface area contributed by atoms with Crippen LogP contribution in [-0.2, 0) is 42.8 Å². The number of carbonyl (C=O) groups excluding carboxylic acids is 1. The predicted octanol–water partition coefficient (Wildman–Crippen LogP) is -1.05. The quantitative estimate of drug-likeness (QED) is 0.0667. The van der Waals surface area contributed by atoms with E-state index in [2.05, 4.69) is 40.7 Å². The Morgan fingerprint density at radius 1 is 0.667 bits per heavy atom. The summed E-state index contributed by atoms with van der Waals surface area (Å²) in [5, 5.41) is 129. The summed E-state index contributed by atoms with van der Waals surface area (Å²) in [5.74, 6) is -3.43. The van der Waals surface area contributed by atoms with Crippen molar-refractivity contribution in [3.8, 4) is 0 Å². The number of fused-ring (bicyclic) bond motifs is 7. The van der Waals surface area contributed by atoms with Gasteiger partial charge < -0.3 is 94.5 Å². The lowest BCUT2D eigenvalue weighted by atomic mass is 9.33. The molecule has 0 aromatic heterocycles. The molecule has 3 heterocycles. The highest BCUT2D eigenvalue weighted by Crippen LogP contribution is 2.76. The van der Waals surface area contributed by atoms with E-state index < -0.39 is 157 Å². The van der Waals surface area contributed by atoms with Gasteiger partial charge in [-0.1, -0.05) is 53.2 Å². The van der Waals surface area contributed by atoms with Gasteiger partial charge in [-0.05, 0) is 97.2 Å². The summed E-state index contributed by atoms with van der Waals surface area (Å²) in [6.07, 6.45) is -23.3. The van der Waals surface area contributed by atoms with Crippen molar-refractivity contribution in [3.05, 3.63) is 11.6 Å². The fourth-order valence-corrected chi connectivity index (χ4v) is 15.1. The Morgan fingerprint density at radius 3 is 1.78 bits per heavy atom. The van der Waals surface area contributed by atoms with E-state index in [1.54, 1.807) is 6.92 Å². The smallest absolute Gasteiger partial charge is 0.335 e. The van der Waals surface area contributed by atoms with Gasteiger partial charge in [0, 0.05) is 0 Å². The summed E-state index contributed by atoms with van der Waals surface area (Å²) in [5.41, 5.74) is -3.17. The first-order chi connectivity index (χ1) is 32.2. The number of carboxylic acid groups (broad SMARTS) is 2. The molecule has 0 radical (unpaired) electrons. The van der Waals surface area contributed by atoms with Crippen molar-refractivity contribution < 1.29 is 104 Å². The number of aliphatic hydroxyl groups excluding tert-OH is 10. The normalized spacial score (nSPS) is 53.9. The Kier molecular flexibility index (Phi) is 14.3. The molecule has 3 aliphatic heterocycles. The largest absolute Gasteiger partial charge is 0.481 e. The first-order valence-corrected chi connectivity index (χ1v) is 24.4. The Hall–Kier alpha value is -2.29. The van der Waals surface area contributed by atoms with Crippen molar-refractivity contribution in [2.24, 2.45) is 50.2 Å². The fraction of sp³-hybridized carbons (Fsp3) is 0.896. The van der Waals surface area contributed by atoms with Gasteiger partial charge in [0.05, 0.1) is 30.8 Å². The molecule has 69 heavy (non-hydrogen) atoms. The van der Waals surface area contributed by atoms with Gasteiger partial charge in [-0.15, -0.1) is 0 Å². The van der Waals surface area contributed by atoms with E-state index in [0.717, 1.165) is 11.9 Å². The van der Waals surface area contributed by atoms with E-state index in [-0.39, 0.29) is 36.0 Å². The molecular formula is C48H74O21. The molecule has 21 heteroatoms. The molecule has 3 saturated heterocycles. The molecular weight excluding hydrogens is 913 g/mol. The SMILES string of the molecule is CC1(C)CCC2(C(=O)O)C(O)CC3(C)C(=CCC4C5(C)CCC(OC6OC(C(=O)O)C(OC7OC(CO)C(O)C(O)C7O)C(O)C6OC6OC(CO)C(O)C(O)C6O)C(C)(C=O)C5CCC43C)C2C1. The van der Waals surface area contributed by atoms with Crippen LogP contribution in [0.4, 0.5) is 0 Å². The van der Waals surface area contributed by atoms with Gasteiger partial charge in [0.25, 0.3) is 0 Å². The van der Waals surface area contributed by atoms with E-state index in [1.807, 2.05) is 0 Å². The maximum atomic E-state index is 13.8. The van der Waals surface area contributed by atoms with E-state index in [1.165, 1.54) is 0 Å². The van der Waals surface area contributed by atoms with Crippen LogP contribution in [-0.4, -0.2) is 197 Å². The minimum absolute atomic E-state index is 0.0365. The third-order valence-corrected chi connectivity index (χ3v) is 19.3. The second kappa shape index (κ2) is 18.6. The van der Waals surface area contributed by atoms with E-state index in [4.69, 9.17) is 28.4 Å². The van der Waals surface area contributed by atoms with E-state index in [9.17, 15) is 75.7 Å². The Labute approximate surface area is 400 Å². The number of carbonyl (C=O) groups is 3. The van der Waals surface area contributed by atoms with Crippen molar-refractivity contribution >= 4 is 18.2 Å². The van der Waals surface area contributed by atoms with Crippen LogP contribution in [0.1, 0.15) is 99.3 Å². The zero-order valence-electron chi connectivity index (χ0n) is 40.0. The number of carboxylic acids is 2. The van der Waals surface area contributed by atoms with Crippen LogP contribution in [0.15, 0.2) is 11.6 Å². The summed E-state index contributed by atoms with van der Waals surface area (Å²) in [4.78, 5) is 40.0. The Bertz CT molecular complexity index is 1960. The average molecular weight is 987 g/mol. The Morgan fingerprint density at radius 2 is 1.25 bits per heavy atom. The summed E-state index contributed by atoms with van der Waals surface area (Å²) in [6, 6.07) is 0. The zero-order chi connectivity index (χ0) is 50.7. The van der Waals surface area contributed by atoms with Crippen LogP contribution in [0.3, 0.4) is 0 Å². The number of aliphatic carboxylic acids is 2. The van der Waals surface area contributed by atoms with Gasteiger partial charge >= 0.3 is 11.9 Å². The molecule has 7 fully saturated rings. The van der Waals surface area contributed by atoms with E-state index >= 15 is 0 Å². The number of hydrogen-bond acceptors (Lipinski definition) is 19. The van der Waals surface area contributed by atoms with Crippen LogP contribution < -0.4 is 0 Å². The molecule has 12 N–H and O–H groups in total. The highest BCUT2D eigenvalue weighted by Gasteiger charge is 2.72. The highest BCUT2D eigenvalue weighted by molar-refractivity contribution is 5.78. The molecule has 0 aromatic rings. The molecule has 0 spiro atoms. The van der Waals surface area contributed by atoms with Crippen molar-refractivity contribution in [2.45, 2.75) is 204 Å². The van der Waals surface area contributed by atoms with Crippen LogP contribution in [0.5, 0.6) is 0 Å². The third-order valence-electron chi connectivity index (χ3n) is 19.3. The van der Waals surface area contributed by atoms with Gasteiger partial charge in [0.15, 0.2) is 25.0 Å². The average Bonchev–Trinajstić information content (AvgIpc) is 3.29. The highest BCUT2D eigenvalue weighted by atomic mass is 16.8. The maximum absolute atomic E-state index is 13.8. The van der Waals surface area contributed by atoms with Crippen LogP contribution >= 0.6 is 0 Å². The number of hydrogen-bond donors (Lipinski definition) is 12. The van der Waals surface area contributed by atoms with Gasteiger partial charge in [-0.2, -0.15) is 0 Å². The molecule has 5 aliphatic carbocycles. The van der Waals surface area contributed by atoms with Crippen molar-refractivity contribution in [3.63, 3.8) is 0 Å². The first kappa shape index (κ1) is 53.0. The molecule has 0 amide bonds. The zero-order valence-corrected chi connectivity index (χ0v) is 40.0. The van der Waals surface area contributed by atoms with Crippen LogP contribution in [0, 0.1) is 50.2 Å². The number of aliphatic hydroxyl groups is 10. The van der Waals surface area contributed by atoms with Crippen molar-refractivity contribution in [2.75, 3.05) is 13.2 Å². The molecule has 25 unspecified atom stereocenters. The molecule has 0 aromatic carbocycles. The van der Waals surface area contributed by atoms with Gasteiger partial charge in [-0.3, -0.25) is 4.79 Å². The lowest BCUT2D eigenvalue weighted by Gasteiger charge is -2.71. The second-order valence-electron chi connectivity index (χ2n) is 23.3. The number of aldehydes is 1. The minimum Gasteiger partial charge on any atom is -0.481 e. The number of rotatable bonds is 11. The minimum atomic E-state index is -2.17. The molecule has 0 bridgehead atoms. The fourth-order valence-electron chi connectivity index (χ4n) is 15.1. The maximum Gasteiger partial charge on any atom is 0.335 e. The van der Waals surface area contributed by atoms with Gasteiger partial charge in [-0.25, -0.2) is 4.79 Å². The standard InChI is InChI=1S/C48H74O21/c1-43(2)13-14-48(42(62)63)21(15-43)20-7-8-25-44(3)11-10-27(45(4,19-51)24(44)9-12-46(25,5)47(20,6)16-26(48)52)66-41-36(68-40-33(58)31(56)29(54)23(18-50)65-40)34(59)35(37(69-41)38(60)61)67-39-32(57)30(55)28(53)22(17-49)64-39/h7,19,21-37,39-41,49-50,52-59H,8-18H2,1-6H3,(H,60,61)(H,62,63). The van der Waals surface area contributed by atoms with Crippen LogP contribution in [0.25, 0.3) is 0 Å².